The van der Waals surface area contributed by atoms with Gasteiger partial charge in [-0.25, -0.2) is 14.8 Å². The summed E-state index contributed by atoms with van der Waals surface area (Å²) in [6, 6.07) is 3.51. The molecule has 1 aliphatic rings. The molecule has 0 aliphatic carbocycles. The van der Waals surface area contributed by atoms with Crippen LogP contribution in [0.25, 0.3) is 0 Å². The van der Waals surface area contributed by atoms with Gasteiger partial charge in [0.05, 0.1) is 12.0 Å². The van der Waals surface area contributed by atoms with E-state index < -0.39 is 0 Å². The first-order chi connectivity index (χ1) is 11.2. The van der Waals surface area contributed by atoms with Crippen LogP contribution in [0.2, 0.25) is 0 Å². The smallest absolute Gasteiger partial charge is 0.319 e. The number of hydrogen-bond acceptors (Lipinski definition) is 4. The normalized spacial score (nSPS) is 15.4. The van der Waals surface area contributed by atoms with Crippen molar-refractivity contribution in [1.82, 2.24) is 19.9 Å². The second-order valence-electron chi connectivity index (χ2n) is 5.83. The van der Waals surface area contributed by atoms with Crippen LogP contribution in [0, 0.1) is 0 Å². The van der Waals surface area contributed by atoms with Crippen LogP contribution in [0.3, 0.4) is 0 Å². The van der Waals surface area contributed by atoms with Crippen molar-refractivity contribution < 1.29 is 4.79 Å². The van der Waals surface area contributed by atoms with E-state index in [0.29, 0.717) is 6.54 Å². The van der Waals surface area contributed by atoms with E-state index in [4.69, 9.17) is 0 Å². The number of anilines is 2. The maximum absolute atomic E-state index is 12.2. The molecule has 2 aromatic heterocycles. The fraction of sp³-hybridized carbons (Fsp3) is 0.438. The highest BCUT2D eigenvalue weighted by Gasteiger charge is 2.18. The zero-order valence-corrected chi connectivity index (χ0v) is 13.3. The molecule has 7 heteroatoms. The third-order valence-electron chi connectivity index (χ3n) is 3.86. The number of amides is 2. The lowest BCUT2D eigenvalue weighted by Crippen LogP contribution is -2.38. The maximum Gasteiger partial charge on any atom is 0.319 e. The minimum absolute atomic E-state index is 0.00360. The third-order valence-corrected chi connectivity index (χ3v) is 3.86. The second-order valence-corrected chi connectivity index (χ2v) is 5.83. The number of carbonyl (C=O) groups is 1. The summed E-state index contributed by atoms with van der Waals surface area (Å²) in [5.74, 6) is 0.849. The number of urea groups is 1. The van der Waals surface area contributed by atoms with Crippen molar-refractivity contribution in [3.63, 3.8) is 0 Å². The van der Waals surface area contributed by atoms with Gasteiger partial charge in [-0.05, 0) is 31.9 Å². The molecule has 0 aromatic carbocycles. The van der Waals surface area contributed by atoms with Crippen molar-refractivity contribution in [2.75, 3.05) is 23.3 Å². The summed E-state index contributed by atoms with van der Waals surface area (Å²) in [6.45, 7) is 4.62. The Morgan fingerprint density at radius 1 is 1.35 bits per heavy atom. The average Bonchev–Trinajstić information content (AvgIpc) is 3.20. The molecular formula is C16H22N6O. The molecule has 2 N–H and O–H groups in total. The summed E-state index contributed by atoms with van der Waals surface area (Å²) >= 11 is 0. The van der Waals surface area contributed by atoms with Crippen LogP contribution in [0.15, 0.2) is 37.1 Å². The third kappa shape index (κ3) is 4.00. The summed E-state index contributed by atoms with van der Waals surface area (Å²) in [4.78, 5) is 22.9. The van der Waals surface area contributed by atoms with Gasteiger partial charge in [0.2, 0.25) is 0 Å². The van der Waals surface area contributed by atoms with Crippen LogP contribution in [-0.2, 0) is 6.54 Å². The molecule has 122 valence electrons. The molecule has 0 bridgehead atoms. The standard InChI is InChI=1S/C16H22N6O/c1-13(11-21-10-7-17-12-21)19-16(23)20-14-5-4-6-18-15(14)22-8-2-3-9-22/h4-7,10,12-13H,2-3,8-9,11H2,1H3,(H2,19,20,23)/t13-/m1/s1. The molecule has 0 unspecified atom stereocenters. The number of nitrogens with zero attached hydrogens (tertiary/aromatic N) is 4. The minimum atomic E-state index is -0.217. The predicted molar refractivity (Wildman–Crippen MR) is 89.5 cm³/mol. The Labute approximate surface area is 135 Å². The van der Waals surface area contributed by atoms with Gasteiger partial charge < -0.3 is 20.1 Å². The summed E-state index contributed by atoms with van der Waals surface area (Å²) in [7, 11) is 0. The molecule has 1 atom stereocenters. The van der Waals surface area contributed by atoms with E-state index in [9.17, 15) is 4.79 Å². The van der Waals surface area contributed by atoms with Gasteiger partial charge in [0.25, 0.3) is 0 Å². The van der Waals surface area contributed by atoms with Gasteiger partial charge in [0, 0.05) is 44.3 Å². The number of rotatable bonds is 5. The maximum atomic E-state index is 12.2. The molecule has 1 fully saturated rings. The first kappa shape index (κ1) is 15.3. The highest BCUT2D eigenvalue weighted by molar-refractivity contribution is 5.92. The Morgan fingerprint density at radius 2 is 2.17 bits per heavy atom. The second kappa shape index (κ2) is 7.13. The largest absolute Gasteiger partial charge is 0.355 e. The van der Waals surface area contributed by atoms with Crippen molar-refractivity contribution in [3.8, 4) is 0 Å². The molecule has 23 heavy (non-hydrogen) atoms. The lowest BCUT2D eigenvalue weighted by atomic mass is 10.3. The van der Waals surface area contributed by atoms with Crippen molar-refractivity contribution in [3.05, 3.63) is 37.1 Å². The molecule has 1 saturated heterocycles. The highest BCUT2D eigenvalue weighted by Crippen LogP contribution is 2.25. The monoisotopic (exact) mass is 314 g/mol. The fourth-order valence-electron chi connectivity index (χ4n) is 2.81. The Morgan fingerprint density at radius 3 is 2.91 bits per heavy atom. The summed E-state index contributed by atoms with van der Waals surface area (Å²) < 4.78 is 1.94. The van der Waals surface area contributed by atoms with E-state index in [1.54, 1.807) is 18.7 Å². The summed E-state index contributed by atoms with van der Waals surface area (Å²) in [5.41, 5.74) is 0.752. The van der Waals surface area contributed by atoms with Crippen LogP contribution in [0.5, 0.6) is 0 Å². The summed E-state index contributed by atoms with van der Waals surface area (Å²) in [5, 5.41) is 5.86. The zero-order chi connectivity index (χ0) is 16.1. The molecule has 0 saturated carbocycles. The van der Waals surface area contributed by atoms with Gasteiger partial charge in [-0.1, -0.05) is 0 Å². The van der Waals surface area contributed by atoms with Gasteiger partial charge in [-0.2, -0.15) is 0 Å². The van der Waals surface area contributed by atoms with Crippen molar-refractivity contribution >= 4 is 17.5 Å². The number of hydrogen-bond donors (Lipinski definition) is 2. The van der Waals surface area contributed by atoms with Gasteiger partial charge in [0.15, 0.2) is 5.82 Å². The van der Waals surface area contributed by atoms with Crippen LogP contribution in [0.1, 0.15) is 19.8 Å². The van der Waals surface area contributed by atoms with Crippen molar-refractivity contribution in [2.24, 2.45) is 0 Å². The number of carbonyl (C=O) groups excluding carboxylic acids is 1. The molecular weight excluding hydrogens is 292 g/mol. The lowest BCUT2D eigenvalue weighted by Gasteiger charge is -2.21. The van der Waals surface area contributed by atoms with Crippen LogP contribution in [-0.4, -0.2) is 39.7 Å². The van der Waals surface area contributed by atoms with Gasteiger partial charge in [-0.3, -0.25) is 0 Å². The zero-order valence-electron chi connectivity index (χ0n) is 13.3. The van der Waals surface area contributed by atoms with Crippen molar-refractivity contribution in [1.29, 1.82) is 0 Å². The van der Waals surface area contributed by atoms with E-state index in [2.05, 4.69) is 25.5 Å². The van der Waals surface area contributed by atoms with Crippen molar-refractivity contribution in [2.45, 2.75) is 32.4 Å². The topological polar surface area (TPSA) is 75.1 Å². The van der Waals surface area contributed by atoms with Crippen LogP contribution < -0.4 is 15.5 Å². The predicted octanol–water partition coefficient (Wildman–Crippen LogP) is 2.09. The molecule has 0 spiro atoms. The molecule has 3 heterocycles. The van der Waals surface area contributed by atoms with Gasteiger partial charge in [-0.15, -0.1) is 0 Å². The van der Waals surface area contributed by atoms with E-state index in [0.717, 1.165) is 24.6 Å². The molecule has 7 nitrogen and oxygen atoms in total. The van der Waals surface area contributed by atoms with E-state index in [1.165, 1.54) is 12.8 Å². The first-order valence-corrected chi connectivity index (χ1v) is 7.95. The fourth-order valence-corrected chi connectivity index (χ4v) is 2.81. The van der Waals surface area contributed by atoms with Gasteiger partial charge >= 0.3 is 6.03 Å². The van der Waals surface area contributed by atoms with Crippen LogP contribution >= 0.6 is 0 Å². The molecule has 3 rings (SSSR count). The molecule has 2 aromatic rings. The minimum Gasteiger partial charge on any atom is -0.355 e. The SMILES string of the molecule is C[C@H](Cn1ccnc1)NC(=O)Nc1cccnc1N1CCCC1. The lowest BCUT2D eigenvalue weighted by molar-refractivity contribution is 0.248. The van der Waals surface area contributed by atoms with E-state index in [-0.39, 0.29) is 12.1 Å². The van der Waals surface area contributed by atoms with Crippen LogP contribution in [0.4, 0.5) is 16.3 Å². The number of imidazole rings is 1. The van der Waals surface area contributed by atoms with E-state index in [1.807, 2.05) is 29.8 Å². The quantitative estimate of drug-likeness (QED) is 0.886. The number of pyridine rings is 1. The summed E-state index contributed by atoms with van der Waals surface area (Å²) in [6.07, 6.45) is 9.45. The first-order valence-electron chi connectivity index (χ1n) is 7.95. The number of nitrogens with one attached hydrogen (secondary N) is 2. The number of aromatic nitrogens is 3. The van der Waals surface area contributed by atoms with Gasteiger partial charge in [0.1, 0.15) is 0 Å². The van der Waals surface area contributed by atoms with E-state index >= 15 is 0 Å². The average molecular weight is 314 g/mol. The molecule has 2 amide bonds. The molecule has 1 aliphatic heterocycles. The Hall–Kier alpha value is -2.57. The Kier molecular flexibility index (Phi) is 4.75. The highest BCUT2D eigenvalue weighted by atomic mass is 16.2. The Balaban J connectivity index is 1.59. The Bertz CT molecular complexity index is 636. The molecule has 0 radical (unpaired) electrons.